The first-order valence-corrected chi connectivity index (χ1v) is 10.2. The van der Waals surface area contributed by atoms with E-state index < -0.39 is 0 Å². The van der Waals surface area contributed by atoms with Crippen molar-refractivity contribution in [1.82, 2.24) is 10.8 Å². The monoisotopic (exact) mass is 403 g/mol. The molecule has 1 aliphatic rings. The number of amides is 1. The molecule has 4 rings (SSSR count). The van der Waals surface area contributed by atoms with Crippen LogP contribution in [-0.2, 0) is 0 Å². The number of rotatable bonds is 5. The van der Waals surface area contributed by atoms with Crippen molar-refractivity contribution in [3.63, 3.8) is 0 Å². The molecule has 1 heterocycles. The predicted octanol–water partition coefficient (Wildman–Crippen LogP) is 4.58. The fraction of sp³-hybridized carbons (Fsp3) is 0.130. The maximum absolute atomic E-state index is 12.3. The van der Waals surface area contributed by atoms with E-state index in [0.717, 1.165) is 38.1 Å². The molecule has 0 radical (unpaired) electrons. The molecule has 0 atom stereocenters. The van der Waals surface area contributed by atoms with Crippen molar-refractivity contribution in [2.45, 2.75) is 16.7 Å². The van der Waals surface area contributed by atoms with Crippen molar-refractivity contribution in [1.29, 1.82) is 0 Å². The average molecular weight is 404 g/mol. The number of hydrogen-bond acceptors (Lipinski definition) is 5. The molecule has 3 aromatic rings. The molecule has 1 aliphatic heterocycles. The van der Waals surface area contributed by atoms with Gasteiger partial charge in [0.25, 0.3) is 5.91 Å². The van der Waals surface area contributed by atoms with Gasteiger partial charge in [0.15, 0.2) is 0 Å². The fourth-order valence-electron chi connectivity index (χ4n) is 3.16. The van der Waals surface area contributed by atoms with Gasteiger partial charge in [-0.05, 0) is 55.5 Å². The maximum Gasteiger partial charge on any atom is 0.251 e. The van der Waals surface area contributed by atoms with Crippen molar-refractivity contribution >= 4 is 29.1 Å². The van der Waals surface area contributed by atoms with Gasteiger partial charge in [-0.2, -0.15) is 5.48 Å². The Morgan fingerprint density at radius 3 is 2.59 bits per heavy atom. The number of nitrogens with one attached hydrogen (secondary N) is 2. The Morgan fingerprint density at radius 1 is 1.03 bits per heavy atom. The molecular weight excluding hydrogens is 382 g/mol. The Hall–Kier alpha value is -3.09. The molecular formula is C23H21N3O2S. The Morgan fingerprint density at radius 2 is 1.83 bits per heavy atom. The second-order valence-corrected chi connectivity index (χ2v) is 7.51. The summed E-state index contributed by atoms with van der Waals surface area (Å²) < 4.78 is 0. The van der Waals surface area contributed by atoms with Crippen LogP contribution in [0.4, 0.5) is 5.69 Å². The van der Waals surface area contributed by atoms with E-state index in [1.54, 1.807) is 18.8 Å². The SMILES string of the molecule is CCNC(=O)c1ccc2c(c1)N=C(c1ccc(ONC)cc1)c1ccccc1S2. The number of fused-ring (bicyclic) bond motifs is 2. The van der Waals surface area contributed by atoms with Gasteiger partial charge in [0.05, 0.1) is 11.4 Å². The van der Waals surface area contributed by atoms with Gasteiger partial charge in [0, 0.05) is 40.1 Å². The largest absolute Gasteiger partial charge is 0.409 e. The number of carbonyl (C=O) groups is 1. The zero-order chi connectivity index (χ0) is 20.2. The molecule has 0 fully saturated rings. The van der Waals surface area contributed by atoms with Gasteiger partial charge in [-0.1, -0.05) is 30.0 Å². The molecule has 0 aliphatic carbocycles. The molecule has 0 unspecified atom stereocenters. The first kappa shape index (κ1) is 19.2. The van der Waals surface area contributed by atoms with Gasteiger partial charge in [-0.15, -0.1) is 0 Å². The van der Waals surface area contributed by atoms with Crippen LogP contribution in [0.3, 0.4) is 0 Å². The summed E-state index contributed by atoms with van der Waals surface area (Å²) in [6.45, 7) is 2.50. The lowest BCUT2D eigenvalue weighted by molar-refractivity contribution is 0.0956. The van der Waals surface area contributed by atoms with E-state index in [-0.39, 0.29) is 5.91 Å². The van der Waals surface area contributed by atoms with Gasteiger partial charge >= 0.3 is 0 Å². The third-order valence-corrected chi connectivity index (χ3v) is 5.64. The third kappa shape index (κ3) is 4.04. The standard InChI is InChI=1S/C23H21N3O2S/c1-3-25-23(27)16-10-13-21-19(14-16)26-22(18-6-4-5-7-20(18)29-21)15-8-11-17(12-9-15)28-24-2/h4-14,24H,3H2,1-2H3,(H,25,27). The zero-order valence-corrected chi connectivity index (χ0v) is 17.0. The van der Waals surface area contributed by atoms with Crippen LogP contribution in [0, 0.1) is 0 Å². The highest BCUT2D eigenvalue weighted by Crippen LogP contribution is 2.41. The molecule has 0 bridgehead atoms. The number of carbonyl (C=O) groups excluding carboxylic acids is 1. The minimum atomic E-state index is -0.0904. The molecule has 146 valence electrons. The Balaban J connectivity index is 1.83. The minimum Gasteiger partial charge on any atom is -0.409 e. The van der Waals surface area contributed by atoms with E-state index in [4.69, 9.17) is 9.83 Å². The van der Waals surface area contributed by atoms with Gasteiger partial charge in [-0.25, -0.2) is 4.99 Å². The number of aliphatic imine (C=N–C) groups is 1. The lowest BCUT2D eigenvalue weighted by atomic mass is 10.0. The van der Waals surface area contributed by atoms with E-state index in [2.05, 4.69) is 22.9 Å². The Kier molecular flexibility index (Phi) is 5.64. The van der Waals surface area contributed by atoms with Crippen LogP contribution in [0.2, 0.25) is 0 Å². The first-order valence-electron chi connectivity index (χ1n) is 9.42. The summed E-state index contributed by atoms with van der Waals surface area (Å²) in [5, 5.41) is 2.85. The molecule has 29 heavy (non-hydrogen) atoms. The summed E-state index contributed by atoms with van der Waals surface area (Å²) in [7, 11) is 1.72. The van der Waals surface area contributed by atoms with E-state index in [1.165, 1.54) is 0 Å². The molecule has 5 nitrogen and oxygen atoms in total. The molecule has 0 saturated heterocycles. The summed E-state index contributed by atoms with van der Waals surface area (Å²) in [6, 6.07) is 21.7. The zero-order valence-electron chi connectivity index (χ0n) is 16.2. The van der Waals surface area contributed by atoms with Crippen LogP contribution >= 0.6 is 11.8 Å². The van der Waals surface area contributed by atoms with Gasteiger partial charge in [0.1, 0.15) is 5.75 Å². The van der Waals surface area contributed by atoms with Crippen LogP contribution in [0.25, 0.3) is 0 Å². The van der Waals surface area contributed by atoms with Crippen molar-refractivity contribution in [3.05, 3.63) is 83.4 Å². The summed E-state index contributed by atoms with van der Waals surface area (Å²) in [6.07, 6.45) is 0. The summed E-state index contributed by atoms with van der Waals surface area (Å²) in [4.78, 5) is 24.8. The van der Waals surface area contributed by atoms with Crippen LogP contribution < -0.4 is 15.6 Å². The highest BCUT2D eigenvalue weighted by molar-refractivity contribution is 7.99. The normalized spacial score (nSPS) is 12.3. The molecule has 6 heteroatoms. The van der Waals surface area contributed by atoms with E-state index in [9.17, 15) is 4.79 Å². The van der Waals surface area contributed by atoms with Crippen molar-refractivity contribution in [2.24, 2.45) is 4.99 Å². The summed E-state index contributed by atoms with van der Waals surface area (Å²) >= 11 is 1.67. The van der Waals surface area contributed by atoms with Crippen LogP contribution in [0.1, 0.15) is 28.4 Å². The lowest BCUT2D eigenvalue weighted by Crippen LogP contribution is -2.22. The van der Waals surface area contributed by atoms with E-state index in [0.29, 0.717) is 12.1 Å². The van der Waals surface area contributed by atoms with Gasteiger partial charge in [0.2, 0.25) is 0 Å². The third-order valence-electron chi connectivity index (χ3n) is 4.50. The van der Waals surface area contributed by atoms with Crippen LogP contribution in [0.15, 0.2) is 81.5 Å². The van der Waals surface area contributed by atoms with E-state index in [1.807, 2.05) is 61.5 Å². The molecule has 0 spiro atoms. The predicted molar refractivity (Wildman–Crippen MR) is 116 cm³/mol. The average Bonchev–Trinajstić information content (AvgIpc) is 2.91. The topological polar surface area (TPSA) is 62.7 Å². The number of hydrogen-bond donors (Lipinski definition) is 2. The van der Waals surface area contributed by atoms with Gasteiger partial charge in [-0.3, -0.25) is 4.79 Å². The molecule has 3 aromatic carbocycles. The second-order valence-electron chi connectivity index (χ2n) is 6.43. The lowest BCUT2D eigenvalue weighted by Gasteiger charge is -2.10. The van der Waals surface area contributed by atoms with Crippen molar-refractivity contribution in [2.75, 3.05) is 13.6 Å². The quantitative estimate of drug-likeness (QED) is 0.479. The first-order chi connectivity index (χ1) is 14.2. The van der Waals surface area contributed by atoms with Crippen molar-refractivity contribution < 1.29 is 9.63 Å². The summed E-state index contributed by atoms with van der Waals surface area (Å²) in [5.41, 5.74) is 7.00. The highest BCUT2D eigenvalue weighted by Gasteiger charge is 2.20. The number of hydroxylamine groups is 1. The number of nitrogens with zero attached hydrogens (tertiary/aromatic N) is 1. The Bertz CT molecular complexity index is 1080. The molecule has 1 amide bonds. The molecule has 0 saturated carbocycles. The van der Waals surface area contributed by atoms with Crippen LogP contribution in [0.5, 0.6) is 5.75 Å². The van der Waals surface area contributed by atoms with Gasteiger partial charge < -0.3 is 10.2 Å². The number of benzene rings is 3. The second kappa shape index (κ2) is 8.51. The van der Waals surface area contributed by atoms with Crippen LogP contribution in [-0.4, -0.2) is 25.2 Å². The summed E-state index contributed by atoms with van der Waals surface area (Å²) in [5.74, 6) is 0.638. The van der Waals surface area contributed by atoms with E-state index >= 15 is 0 Å². The Labute approximate surface area is 174 Å². The van der Waals surface area contributed by atoms with Crippen molar-refractivity contribution in [3.8, 4) is 5.75 Å². The highest BCUT2D eigenvalue weighted by atomic mass is 32.2. The fourth-order valence-corrected chi connectivity index (χ4v) is 4.17. The minimum absolute atomic E-state index is 0.0904. The molecule has 0 aromatic heterocycles. The maximum atomic E-state index is 12.3. The smallest absolute Gasteiger partial charge is 0.251 e. The molecule has 2 N–H and O–H groups in total.